The smallest absolute Gasteiger partial charge is 0.328 e. The maximum atomic E-state index is 12.0. The summed E-state index contributed by atoms with van der Waals surface area (Å²) in [5, 5.41) is 5.41. The van der Waals surface area contributed by atoms with Crippen LogP contribution in [0.4, 0.5) is 4.79 Å². The van der Waals surface area contributed by atoms with Gasteiger partial charge in [-0.3, -0.25) is 9.69 Å². The number of hydrogen-bond acceptors (Lipinski definition) is 3. The molecule has 1 heterocycles. The Labute approximate surface area is 177 Å². The van der Waals surface area contributed by atoms with E-state index in [9.17, 15) is 9.59 Å². The number of nitrogens with one attached hydrogen (secondary N) is 1. The number of imide groups is 1. The van der Waals surface area contributed by atoms with E-state index in [4.69, 9.17) is 27.9 Å². The van der Waals surface area contributed by atoms with Crippen molar-refractivity contribution in [3.63, 3.8) is 0 Å². The molecule has 1 N–H and O–H groups in total. The van der Waals surface area contributed by atoms with Gasteiger partial charge in [-0.1, -0.05) is 59.6 Å². The molecule has 3 aromatic carbocycles. The van der Waals surface area contributed by atoms with Crippen LogP contribution in [0.25, 0.3) is 16.8 Å². The van der Waals surface area contributed by atoms with Crippen LogP contribution >= 0.6 is 23.2 Å². The molecule has 0 aliphatic carbocycles. The quantitative estimate of drug-likeness (QED) is 0.457. The summed E-state index contributed by atoms with van der Waals surface area (Å²) in [6.07, 6.45) is 1.52. The first-order valence-electron chi connectivity index (χ1n) is 8.82. The first kappa shape index (κ1) is 19.3. The zero-order valence-corrected chi connectivity index (χ0v) is 16.9. The van der Waals surface area contributed by atoms with E-state index in [1.165, 1.54) is 13.1 Å². The lowest BCUT2D eigenvalue weighted by atomic mass is 10.1. The minimum atomic E-state index is -0.478. The molecule has 0 atom stereocenters. The molecule has 3 aromatic rings. The summed E-state index contributed by atoms with van der Waals surface area (Å²) in [5.74, 6) is -0.0542. The first-order chi connectivity index (χ1) is 13.9. The van der Waals surface area contributed by atoms with Crippen LogP contribution < -0.4 is 10.1 Å². The van der Waals surface area contributed by atoms with Crippen LogP contribution in [0.5, 0.6) is 5.75 Å². The van der Waals surface area contributed by atoms with Gasteiger partial charge in [0.25, 0.3) is 5.91 Å². The minimum absolute atomic E-state index is 0.162. The molecule has 146 valence electrons. The molecule has 0 spiro atoms. The van der Waals surface area contributed by atoms with Crippen molar-refractivity contribution in [3.8, 4) is 5.75 Å². The van der Waals surface area contributed by atoms with Crippen LogP contribution in [0.15, 0.2) is 60.3 Å². The van der Waals surface area contributed by atoms with Crippen LogP contribution in [0.1, 0.15) is 11.1 Å². The van der Waals surface area contributed by atoms with Gasteiger partial charge in [-0.2, -0.15) is 0 Å². The average molecular weight is 427 g/mol. The molecule has 3 amide bonds. The number of fused-ring (bicyclic) bond motifs is 1. The number of hydrogen-bond donors (Lipinski definition) is 1. The number of carbonyl (C=O) groups excluding carboxylic acids is 2. The third-order valence-electron chi connectivity index (χ3n) is 4.61. The minimum Gasteiger partial charge on any atom is -0.486 e. The molecule has 0 unspecified atom stereocenters. The summed E-state index contributed by atoms with van der Waals surface area (Å²) >= 11 is 12.7. The Kier molecular flexibility index (Phi) is 5.18. The normalized spacial score (nSPS) is 15.3. The number of carbonyl (C=O) groups is 2. The number of halogens is 2. The van der Waals surface area contributed by atoms with E-state index in [1.807, 2.05) is 30.3 Å². The number of likely N-dealkylation sites (N-methyl/N-ethyl adjacent to an activating group) is 1. The van der Waals surface area contributed by atoms with E-state index in [0.29, 0.717) is 28.0 Å². The van der Waals surface area contributed by atoms with E-state index in [0.717, 1.165) is 21.2 Å². The average Bonchev–Trinajstić information content (AvgIpc) is 2.94. The zero-order chi connectivity index (χ0) is 20.5. The molecule has 7 heteroatoms. The molecule has 4 rings (SSSR count). The Morgan fingerprint density at radius 3 is 2.34 bits per heavy atom. The molecule has 1 aliphatic rings. The fraction of sp³-hybridized carbons (Fsp3) is 0.0909. The summed E-state index contributed by atoms with van der Waals surface area (Å²) in [4.78, 5) is 24.5. The lowest BCUT2D eigenvalue weighted by molar-refractivity contribution is -0.121. The van der Waals surface area contributed by atoms with Gasteiger partial charge in [0.05, 0.1) is 10.0 Å². The summed E-state index contributed by atoms with van der Waals surface area (Å²) in [5.41, 5.74) is 1.73. The highest BCUT2D eigenvalue weighted by molar-refractivity contribution is 6.37. The number of urea groups is 1. The van der Waals surface area contributed by atoms with Crippen molar-refractivity contribution in [1.82, 2.24) is 10.2 Å². The van der Waals surface area contributed by atoms with Gasteiger partial charge in [0.2, 0.25) is 0 Å². The second kappa shape index (κ2) is 7.78. The number of ether oxygens (including phenoxy) is 1. The molecule has 0 radical (unpaired) electrons. The van der Waals surface area contributed by atoms with Gasteiger partial charge in [-0.15, -0.1) is 0 Å². The predicted octanol–water partition coefficient (Wildman–Crippen LogP) is 5.25. The number of amides is 3. The van der Waals surface area contributed by atoms with Gasteiger partial charge in [0.1, 0.15) is 12.3 Å². The predicted molar refractivity (Wildman–Crippen MR) is 114 cm³/mol. The molecule has 1 saturated heterocycles. The number of nitrogens with zero attached hydrogens (tertiary/aromatic N) is 1. The van der Waals surface area contributed by atoms with Crippen LogP contribution in [0.3, 0.4) is 0 Å². The molecule has 1 aliphatic heterocycles. The fourth-order valence-corrected chi connectivity index (χ4v) is 3.69. The Bertz CT molecular complexity index is 1150. The zero-order valence-electron chi connectivity index (χ0n) is 15.4. The second-order valence-electron chi connectivity index (χ2n) is 6.64. The van der Waals surface area contributed by atoms with Gasteiger partial charge < -0.3 is 10.1 Å². The van der Waals surface area contributed by atoms with Crippen LogP contribution in [-0.2, 0) is 11.4 Å². The molecule has 1 fully saturated rings. The van der Waals surface area contributed by atoms with E-state index in [-0.39, 0.29) is 5.70 Å². The number of rotatable bonds is 4. The van der Waals surface area contributed by atoms with E-state index in [2.05, 4.69) is 17.4 Å². The Morgan fingerprint density at radius 2 is 1.69 bits per heavy atom. The highest BCUT2D eigenvalue weighted by Gasteiger charge is 2.30. The van der Waals surface area contributed by atoms with Crippen LogP contribution in [0.2, 0.25) is 10.0 Å². The van der Waals surface area contributed by atoms with E-state index in [1.54, 1.807) is 12.1 Å². The molecule has 5 nitrogen and oxygen atoms in total. The standard InChI is InChI=1S/C22H16Cl2N2O3/c1-26-21(27)19(25-22(26)28)11-14-9-17(23)20(18(24)10-14)29-12-13-6-7-15-4-2-3-5-16(15)8-13/h2-11H,12H2,1H3,(H,25,28)/b19-11+. The van der Waals surface area contributed by atoms with Gasteiger partial charge >= 0.3 is 6.03 Å². The maximum absolute atomic E-state index is 12.0. The Balaban J connectivity index is 1.54. The van der Waals surface area contributed by atoms with Crippen molar-refractivity contribution in [2.45, 2.75) is 6.61 Å². The lowest BCUT2D eigenvalue weighted by Crippen LogP contribution is -2.25. The summed E-state index contributed by atoms with van der Waals surface area (Å²) in [6.45, 7) is 0.310. The fourth-order valence-electron chi connectivity index (χ4n) is 3.07. The second-order valence-corrected chi connectivity index (χ2v) is 7.45. The van der Waals surface area contributed by atoms with Crippen LogP contribution in [0, 0.1) is 0 Å². The molecular formula is C22H16Cl2N2O3. The molecular weight excluding hydrogens is 411 g/mol. The van der Waals surface area contributed by atoms with Gasteiger partial charge in [-0.25, -0.2) is 4.79 Å². The first-order valence-corrected chi connectivity index (χ1v) is 9.58. The molecule has 29 heavy (non-hydrogen) atoms. The maximum Gasteiger partial charge on any atom is 0.328 e. The van der Waals surface area contributed by atoms with Crippen molar-refractivity contribution < 1.29 is 14.3 Å². The van der Waals surface area contributed by atoms with E-state index >= 15 is 0 Å². The van der Waals surface area contributed by atoms with Crippen molar-refractivity contribution >= 4 is 52.0 Å². The Morgan fingerprint density at radius 1 is 1.00 bits per heavy atom. The van der Waals surface area contributed by atoms with Crippen molar-refractivity contribution in [1.29, 1.82) is 0 Å². The number of benzene rings is 3. The third-order valence-corrected chi connectivity index (χ3v) is 5.17. The van der Waals surface area contributed by atoms with Crippen molar-refractivity contribution in [3.05, 3.63) is 81.5 Å². The van der Waals surface area contributed by atoms with Gasteiger partial charge in [-0.05, 0) is 46.2 Å². The topological polar surface area (TPSA) is 58.6 Å². The lowest BCUT2D eigenvalue weighted by Gasteiger charge is -2.12. The molecule has 0 bridgehead atoms. The summed E-state index contributed by atoms with van der Waals surface area (Å²) in [6, 6.07) is 17.0. The van der Waals surface area contributed by atoms with Gasteiger partial charge in [0, 0.05) is 7.05 Å². The monoisotopic (exact) mass is 426 g/mol. The SMILES string of the molecule is CN1C(=O)N/C(=C/c2cc(Cl)c(OCc3ccc4ccccc4c3)c(Cl)c2)C1=O. The van der Waals surface area contributed by atoms with E-state index < -0.39 is 11.9 Å². The Hall–Kier alpha value is -3.02. The highest BCUT2D eigenvalue weighted by Crippen LogP contribution is 2.35. The van der Waals surface area contributed by atoms with Crippen LogP contribution in [-0.4, -0.2) is 23.9 Å². The highest BCUT2D eigenvalue weighted by atomic mass is 35.5. The van der Waals surface area contributed by atoms with Crippen molar-refractivity contribution in [2.75, 3.05) is 7.05 Å². The molecule has 0 aromatic heterocycles. The molecule has 0 saturated carbocycles. The third kappa shape index (κ3) is 3.92. The van der Waals surface area contributed by atoms with Gasteiger partial charge in [0.15, 0.2) is 5.75 Å². The summed E-state index contributed by atoms with van der Waals surface area (Å²) in [7, 11) is 1.40. The summed E-state index contributed by atoms with van der Waals surface area (Å²) < 4.78 is 5.85. The van der Waals surface area contributed by atoms with Crippen molar-refractivity contribution in [2.24, 2.45) is 0 Å². The largest absolute Gasteiger partial charge is 0.486 e.